The smallest absolute Gasteiger partial charge is 0.220 e. The summed E-state index contributed by atoms with van der Waals surface area (Å²) in [6, 6.07) is 5.94. The Balaban J connectivity index is 2.05. The molecule has 0 saturated heterocycles. The van der Waals surface area contributed by atoms with Gasteiger partial charge in [-0.3, -0.25) is 4.79 Å². The lowest BCUT2D eigenvalue weighted by Gasteiger charge is -2.20. The molecule has 0 atom stereocenters. The maximum atomic E-state index is 10.6. The summed E-state index contributed by atoms with van der Waals surface area (Å²) < 4.78 is 5.57. The van der Waals surface area contributed by atoms with E-state index in [1.165, 1.54) is 5.56 Å². The lowest BCUT2D eigenvalue weighted by atomic mass is 10.0. The molecule has 86 valence electrons. The van der Waals surface area contributed by atoms with Crippen LogP contribution in [0.25, 0.3) is 0 Å². The van der Waals surface area contributed by atoms with E-state index in [2.05, 4.69) is 11.4 Å². The Morgan fingerprint density at radius 2 is 2.38 bits per heavy atom. The van der Waals surface area contributed by atoms with Gasteiger partial charge in [-0.2, -0.15) is 0 Å². The number of hydrogen-bond acceptors (Lipinski definition) is 3. The van der Waals surface area contributed by atoms with Crippen molar-refractivity contribution in [3.05, 3.63) is 23.8 Å². The van der Waals surface area contributed by atoms with Gasteiger partial charge in [0.1, 0.15) is 5.75 Å². The van der Waals surface area contributed by atoms with Crippen LogP contribution in [0.3, 0.4) is 0 Å². The first-order valence-corrected chi connectivity index (χ1v) is 5.54. The normalized spacial score (nSPS) is 13.8. The van der Waals surface area contributed by atoms with Crippen molar-refractivity contribution >= 4 is 11.6 Å². The van der Waals surface area contributed by atoms with Gasteiger partial charge in [0.2, 0.25) is 5.91 Å². The maximum absolute atomic E-state index is 10.6. The van der Waals surface area contributed by atoms with Gasteiger partial charge in [0.25, 0.3) is 0 Å². The Morgan fingerprint density at radius 3 is 3.19 bits per heavy atom. The van der Waals surface area contributed by atoms with Gasteiger partial charge in [0.05, 0.1) is 13.0 Å². The number of carbonyl (C=O) groups excluding carboxylic acids is 1. The number of amides is 1. The highest BCUT2D eigenvalue weighted by Crippen LogP contribution is 2.30. The van der Waals surface area contributed by atoms with Crippen molar-refractivity contribution in [1.82, 2.24) is 0 Å². The van der Waals surface area contributed by atoms with E-state index >= 15 is 0 Å². The predicted molar refractivity (Wildman–Crippen MR) is 62.6 cm³/mol. The van der Waals surface area contributed by atoms with Gasteiger partial charge < -0.3 is 15.8 Å². The zero-order valence-corrected chi connectivity index (χ0v) is 9.16. The fourth-order valence-electron chi connectivity index (χ4n) is 1.87. The minimum Gasteiger partial charge on any atom is -0.493 e. The van der Waals surface area contributed by atoms with E-state index in [9.17, 15) is 4.79 Å². The average Bonchev–Trinajstić information content (AvgIpc) is 2.29. The van der Waals surface area contributed by atoms with E-state index in [0.717, 1.165) is 30.8 Å². The molecule has 1 amide bonds. The molecule has 0 saturated carbocycles. The molecule has 0 fully saturated rings. The number of hydrogen-bond donors (Lipinski definition) is 2. The Hall–Kier alpha value is -1.71. The summed E-state index contributed by atoms with van der Waals surface area (Å²) in [5.41, 5.74) is 7.41. The third-order valence-corrected chi connectivity index (χ3v) is 2.66. The van der Waals surface area contributed by atoms with Crippen LogP contribution < -0.4 is 15.8 Å². The average molecular weight is 220 g/mol. The van der Waals surface area contributed by atoms with Crippen LogP contribution in [0.5, 0.6) is 5.75 Å². The molecular weight excluding hydrogens is 204 g/mol. The lowest BCUT2D eigenvalue weighted by molar-refractivity contribution is -0.118. The van der Waals surface area contributed by atoms with Gasteiger partial charge in [-0.1, -0.05) is 6.07 Å². The first-order valence-electron chi connectivity index (χ1n) is 5.54. The number of fused-ring (bicyclic) bond motifs is 1. The van der Waals surface area contributed by atoms with Crippen LogP contribution in [0.1, 0.15) is 18.4 Å². The van der Waals surface area contributed by atoms with Gasteiger partial charge >= 0.3 is 0 Å². The molecule has 0 spiro atoms. The van der Waals surface area contributed by atoms with Crippen molar-refractivity contribution in [2.45, 2.75) is 19.3 Å². The molecule has 4 nitrogen and oxygen atoms in total. The highest BCUT2D eigenvalue weighted by atomic mass is 16.5. The highest BCUT2D eigenvalue weighted by molar-refractivity contribution is 5.73. The molecule has 1 aromatic rings. The SMILES string of the molecule is NC(=O)CCOc1cccc2c1CCCN2. The van der Waals surface area contributed by atoms with Crippen LogP contribution in [0.15, 0.2) is 18.2 Å². The van der Waals surface area contributed by atoms with Gasteiger partial charge in [-0.05, 0) is 25.0 Å². The molecule has 0 aliphatic carbocycles. The van der Waals surface area contributed by atoms with E-state index in [4.69, 9.17) is 10.5 Å². The molecule has 0 radical (unpaired) electrons. The Bertz CT molecular complexity index is 391. The van der Waals surface area contributed by atoms with Crippen molar-refractivity contribution in [1.29, 1.82) is 0 Å². The highest BCUT2D eigenvalue weighted by Gasteiger charge is 2.13. The summed E-state index contributed by atoms with van der Waals surface area (Å²) in [6.07, 6.45) is 2.40. The third-order valence-electron chi connectivity index (χ3n) is 2.66. The lowest BCUT2D eigenvalue weighted by Crippen LogP contribution is -2.16. The summed E-state index contributed by atoms with van der Waals surface area (Å²) in [7, 11) is 0. The molecular formula is C12H16N2O2. The molecule has 1 aromatic carbocycles. The first-order chi connectivity index (χ1) is 7.77. The molecule has 0 aromatic heterocycles. The second-order valence-electron chi connectivity index (χ2n) is 3.88. The van der Waals surface area contributed by atoms with E-state index in [1.54, 1.807) is 0 Å². The van der Waals surface area contributed by atoms with Gasteiger partial charge in [-0.15, -0.1) is 0 Å². The monoisotopic (exact) mass is 220 g/mol. The summed E-state index contributed by atoms with van der Waals surface area (Å²) in [4.78, 5) is 10.6. The van der Waals surface area contributed by atoms with Crippen molar-refractivity contribution in [2.75, 3.05) is 18.5 Å². The van der Waals surface area contributed by atoms with Gasteiger partial charge in [0.15, 0.2) is 0 Å². The number of nitrogens with one attached hydrogen (secondary N) is 1. The van der Waals surface area contributed by atoms with E-state index in [-0.39, 0.29) is 12.3 Å². The number of rotatable bonds is 4. The van der Waals surface area contributed by atoms with Crippen LogP contribution in [0, 0.1) is 0 Å². The molecule has 3 N–H and O–H groups in total. The molecule has 1 heterocycles. The van der Waals surface area contributed by atoms with Crippen molar-refractivity contribution in [3.8, 4) is 5.75 Å². The fourth-order valence-corrected chi connectivity index (χ4v) is 1.87. The number of primary amides is 1. The van der Waals surface area contributed by atoms with Crippen LogP contribution in [0.4, 0.5) is 5.69 Å². The molecule has 0 unspecified atom stereocenters. The van der Waals surface area contributed by atoms with Gasteiger partial charge in [-0.25, -0.2) is 0 Å². The minimum atomic E-state index is -0.331. The molecule has 16 heavy (non-hydrogen) atoms. The van der Waals surface area contributed by atoms with Crippen molar-refractivity contribution < 1.29 is 9.53 Å². The molecule has 1 aliphatic rings. The zero-order chi connectivity index (χ0) is 11.4. The fraction of sp³-hybridized carbons (Fsp3) is 0.417. The Morgan fingerprint density at radius 1 is 1.50 bits per heavy atom. The quantitative estimate of drug-likeness (QED) is 0.803. The number of ether oxygens (including phenoxy) is 1. The summed E-state index contributed by atoms with van der Waals surface area (Å²) in [5.74, 6) is 0.536. The van der Waals surface area contributed by atoms with Gasteiger partial charge in [0, 0.05) is 17.8 Å². The van der Waals surface area contributed by atoms with Crippen LogP contribution in [-0.2, 0) is 11.2 Å². The zero-order valence-electron chi connectivity index (χ0n) is 9.16. The number of carbonyl (C=O) groups is 1. The second-order valence-corrected chi connectivity index (χ2v) is 3.88. The maximum Gasteiger partial charge on any atom is 0.220 e. The molecule has 4 heteroatoms. The topological polar surface area (TPSA) is 64.4 Å². The van der Waals surface area contributed by atoms with E-state index < -0.39 is 0 Å². The van der Waals surface area contributed by atoms with Crippen LogP contribution >= 0.6 is 0 Å². The van der Waals surface area contributed by atoms with Crippen molar-refractivity contribution in [2.24, 2.45) is 5.73 Å². The van der Waals surface area contributed by atoms with Crippen LogP contribution in [-0.4, -0.2) is 19.1 Å². The summed E-state index contributed by atoms with van der Waals surface area (Å²) in [5, 5.41) is 3.33. The van der Waals surface area contributed by atoms with E-state index in [1.807, 2.05) is 12.1 Å². The molecule has 1 aliphatic heterocycles. The Labute approximate surface area is 94.8 Å². The summed E-state index contributed by atoms with van der Waals surface area (Å²) >= 11 is 0. The predicted octanol–water partition coefficient (Wildman–Crippen LogP) is 1.30. The number of benzene rings is 1. The standard InChI is InChI=1S/C12H16N2O2/c13-12(15)6-8-16-11-5-1-4-10-9(11)3-2-7-14-10/h1,4-5,14H,2-3,6-8H2,(H2,13,15). The largest absolute Gasteiger partial charge is 0.493 e. The van der Waals surface area contributed by atoms with E-state index in [0.29, 0.717) is 6.61 Å². The summed E-state index contributed by atoms with van der Waals surface area (Å²) in [6.45, 7) is 1.36. The second kappa shape index (κ2) is 4.88. The van der Waals surface area contributed by atoms with Crippen molar-refractivity contribution in [3.63, 3.8) is 0 Å². The minimum absolute atomic E-state index is 0.261. The molecule has 2 rings (SSSR count). The number of anilines is 1. The van der Waals surface area contributed by atoms with Crippen LogP contribution in [0.2, 0.25) is 0 Å². The number of nitrogens with two attached hydrogens (primary N) is 1. The Kier molecular flexibility index (Phi) is 3.29. The third kappa shape index (κ3) is 2.45. The first kappa shape index (κ1) is 10.8. The molecule has 0 bridgehead atoms.